The highest BCUT2D eigenvalue weighted by atomic mass is 79.9. The molecule has 2 aromatic rings. The largest absolute Gasteiger partial charge is 0.325 e. The van der Waals surface area contributed by atoms with Crippen molar-refractivity contribution in [2.45, 2.75) is 19.6 Å². The fraction of sp³-hybridized carbons (Fsp3) is 0.235. The third-order valence-corrected chi connectivity index (χ3v) is 4.58. The molecule has 0 aliphatic carbocycles. The lowest BCUT2D eigenvalue weighted by Gasteiger charge is -2.08. The number of amides is 1. The maximum atomic E-state index is 12.0. The van der Waals surface area contributed by atoms with Crippen molar-refractivity contribution < 1.29 is 4.79 Å². The van der Waals surface area contributed by atoms with Crippen LogP contribution in [0.15, 0.2) is 46.9 Å². The van der Waals surface area contributed by atoms with Crippen LogP contribution in [0.4, 0.5) is 5.69 Å². The van der Waals surface area contributed by atoms with Gasteiger partial charge in [0.1, 0.15) is 0 Å². The number of aryl methyl sites for hydroxylation is 2. The smallest absolute Gasteiger partial charge is 0.234 e. The van der Waals surface area contributed by atoms with E-state index in [-0.39, 0.29) is 5.91 Å². The van der Waals surface area contributed by atoms with Gasteiger partial charge in [-0.05, 0) is 43.2 Å². The molecule has 4 heteroatoms. The summed E-state index contributed by atoms with van der Waals surface area (Å²) in [5, 5.41) is 2.95. The van der Waals surface area contributed by atoms with Crippen LogP contribution in [0.1, 0.15) is 16.7 Å². The van der Waals surface area contributed by atoms with E-state index in [0.29, 0.717) is 5.75 Å². The average molecular weight is 364 g/mol. The number of carbonyl (C=O) groups is 1. The molecule has 0 bridgehead atoms. The van der Waals surface area contributed by atoms with Crippen molar-refractivity contribution in [2.24, 2.45) is 0 Å². The second kappa shape index (κ2) is 7.66. The Morgan fingerprint density at radius 1 is 1.14 bits per heavy atom. The lowest BCUT2D eigenvalue weighted by molar-refractivity contribution is -0.113. The Balaban J connectivity index is 1.81. The first-order valence-corrected chi connectivity index (χ1v) is 8.68. The van der Waals surface area contributed by atoms with E-state index in [1.807, 2.05) is 25.1 Å². The van der Waals surface area contributed by atoms with Crippen LogP contribution >= 0.6 is 27.7 Å². The van der Waals surface area contributed by atoms with Gasteiger partial charge >= 0.3 is 0 Å². The maximum absolute atomic E-state index is 12.0. The molecule has 0 saturated carbocycles. The van der Waals surface area contributed by atoms with Gasteiger partial charge in [0.15, 0.2) is 0 Å². The molecule has 0 saturated heterocycles. The first-order chi connectivity index (χ1) is 10.0. The van der Waals surface area contributed by atoms with E-state index in [4.69, 9.17) is 0 Å². The van der Waals surface area contributed by atoms with Crippen LogP contribution < -0.4 is 5.32 Å². The Hall–Kier alpha value is -1.26. The molecule has 0 fully saturated rings. The monoisotopic (exact) mass is 363 g/mol. The predicted molar refractivity (Wildman–Crippen MR) is 94.8 cm³/mol. The minimum absolute atomic E-state index is 0.0394. The van der Waals surface area contributed by atoms with Crippen molar-refractivity contribution in [3.05, 3.63) is 63.6 Å². The third kappa shape index (κ3) is 5.21. The Morgan fingerprint density at radius 3 is 2.52 bits per heavy atom. The SMILES string of the molecule is Cc1ccc(CSCC(=O)Nc2ccc(Br)cc2C)cc1. The summed E-state index contributed by atoms with van der Waals surface area (Å²) in [6.07, 6.45) is 0. The molecule has 1 amide bonds. The van der Waals surface area contributed by atoms with Gasteiger partial charge in [0.2, 0.25) is 5.91 Å². The first-order valence-electron chi connectivity index (χ1n) is 6.74. The average Bonchev–Trinajstić information content (AvgIpc) is 2.44. The summed E-state index contributed by atoms with van der Waals surface area (Å²) in [5.74, 6) is 1.36. The van der Waals surface area contributed by atoms with Crippen LogP contribution in [0.3, 0.4) is 0 Å². The van der Waals surface area contributed by atoms with Crippen LogP contribution in [0.25, 0.3) is 0 Å². The molecule has 2 rings (SSSR count). The van der Waals surface area contributed by atoms with Crippen molar-refractivity contribution >= 4 is 39.3 Å². The molecular weight excluding hydrogens is 346 g/mol. The van der Waals surface area contributed by atoms with Gasteiger partial charge in [-0.25, -0.2) is 0 Å². The van der Waals surface area contributed by atoms with Crippen molar-refractivity contribution in [1.29, 1.82) is 0 Å². The van der Waals surface area contributed by atoms with Crippen LogP contribution in [0, 0.1) is 13.8 Å². The number of halogens is 1. The normalized spacial score (nSPS) is 10.4. The molecule has 0 unspecified atom stereocenters. The summed E-state index contributed by atoms with van der Waals surface area (Å²) in [7, 11) is 0. The number of thioether (sulfide) groups is 1. The third-order valence-electron chi connectivity index (χ3n) is 3.09. The Morgan fingerprint density at radius 2 is 1.86 bits per heavy atom. The molecular formula is C17H18BrNOS. The van der Waals surface area contributed by atoms with E-state index >= 15 is 0 Å². The lowest BCUT2D eigenvalue weighted by atomic mass is 10.2. The lowest BCUT2D eigenvalue weighted by Crippen LogP contribution is -2.14. The molecule has 0 aliphatic heterocycles. The van der Waals surface area contributed by atoms with Crippen LogP contribution in [0.2, 0.25) is 0 Å². The van der Waals surface area contributed by atoms with E-state index in [1.54, 1.807) is 11.8 Å². The standard InChI is InChI=1S/C17H18BrNOS/c1-12-3-5-14(6-4-12)10-21-11-17(20)19-16-8-7-15(18)9-13(16)2/h3-9H,10-11H2,1-2H3,(H,19,20). The second-order valence-electron chi connectivity index (χ2n) is 4.99. The van der Waals surface area contributed by atoms with Crippen molar-refractivity contribution in [3.63, 3.8) is 0 Å². The highest BCUT2D eigenvalue weighted by Crippen LogP contribution is 2.20. The summed E-state index contributed by atoms with van der Waals surface area (Å²) in [5.41, 5.74) is 4.44. The molecule has 1 N–H and O–H groups in total. The summed E-state index contributed by atoms with van der Waals surface area (Å²) >= 11 is 5.05. The maximum Gasteiger partial charge on any atom is 0.234 e. The molecule has 0 aliphatic rings. The zero-order valence-corrected chi connectivity index (χ0v) is 14.6. The fourth-order valence-electron chi connectivity index (χ4n) is 1.90. The van der Waals surface area contributed by atoms with Gasteiger partial charge < -0.3 is 5.32 Å². The highest BCUT2D eigenvalue weighted by molar-refractivity contribution is 9.10. The van der Waals surface area contributed by atoms with E-state index < -0.39 is 0 Å². The molecule has 2 nitrogen and oxygen atoms in total. The number of benzene rings is 2. The minimum atomic E-state index is 0.0394. The molecule has 110 valence electrons. The summed E-state index contributed by atoms with van der Waals surface area (Å²) in [4.78, 5) is 12.0. The number of rotatable bonds is 5. The fourth-order valence-corrected chi connectivity index (χ4v) is 3.16. The van der Waals surface area contributed by atoms with Crippen molar-refractivity contribution in [2.75, 3.05) is 11.1 Å². The zero-order valence-electron chi connectivity index (χ0n) is 12.2. The Kier molecular flexibility index (Phi) is 5.88. The van der Waals surface area contributed by atoms with Gasteiger partial charge in [0.25, 0.3) is 0 Å². The predicted octanol–water partition coefficient (Wildman–Crippen LogP) is 4.94. The van der Waals surface area contributed by atoms with E-state index in [9.17, 15) is 4.79 Å². The highest BCUT2D eigenvalue weighted by Gasteiger charge is 2.05. The first kappa shape index (κ1) is 16.1. The zero-order chi connectivity index (χ0) is 15.2. The molecule has 21 heavy (non-hydrogen) atoms. The van der Waals surface area contributed by atoms with Crippen LogP contribution in [0.5, 0.6) is 0 Å². The van der Waals surface area contributed by atoms with Gasteiger partial charge in [-0.1, -0.05) is 45.8 Å². The molecule has 0 heterocycles. The number of hydrogen-bond acceptors (Lipinski definition) is 2. The van der Waals surface area contributed by atoms with Gasteiger partial charge in [-0.2, -0.15) is 0 Å². The summed E-state index contributed by atoms with van der Waals surface area (Å²) < 4.78 is 1.02. The summed E-state index contributed by atoms with van der Waals surface area (Å²) in [6.45, 7) is 4.06. The van der Waals surface area contributed by atoms with Gasteiger partial charge in [-0.15, -0.1) is 11.8 Å². The minimum Gasteiger partial charge on any atom is -0.325 e. The summed E-state index contributed by atoms with van der Waals surface area (Å²) in [6, 6.07) is 14.3. The molecule has 2 aromatic carbocycles. The van der Waals surface area contributed by atoms with Gasteiger partial charge in [0.05, 0.1) is 5.75 Å². The molecule has 0 aromatic heterocycles. The van der Waals surface area contributed by atoms with E-state index in [0.717, 1.165) is 21.5 Å². The number of hydrogen-bond donors (Lipinski definition) is 1. The van der Waals surface area contributed by atoms with Gasteiger partial charge in [0, 0.05) is 15.9 Å². The second-order valence-corrected chi connectivity index (χ2v) is 6.89. The quantitative estimate of drug-likeness (QED) is 0.814. The molecule has 0 radical (unpaired) electrons. The number of nitrogens with one attached hydrogen (secondary N) is 1. The van der Waals surface area contributed by atoms with Crippen molar-refractivity contribution in [1.82, 2.24) is 0 Å². The topological polar surface area (TPSA) is 29.1 Å². The Labute approximate surface area is 138 Å². The molecule has 0 spiro atoms. The Bertz CT molecular complexity index is 625. The van der Waals surface area contributed by atoms with E-state index in [2.05, 4.69) is 52.4 Å². The van der Waals surface area contributed by atoms with E-state index in [1.165, 1.54) is 11.1 Å². The van der Waals surface area contributed by atoms with Crippen LogP contribution in [-0.4, -0.2) is 11.7 Å². The van der Waals surface area contributed by atoms with Crippen LogP contribution in [-0.2, 0) is 10.5 Å². The molecule has 0 atom stereocenters. The number of anilines is 1. The van der Waals surface area contributed by atoms with Gasteiger partial charge in [-0.3, -0.25) is 4.79 Å². The van der Waals surface area contributed by atoms with Crippen molar-refractivity contribution in [3.8, 4) is 0 Å². The number of carbonyl (C=O) groups excluding carboxylic acids is 1.